The van der Waals surface area contributed by atoms with Crippen molar-refractivity contribution in [3.05, 3.63) is 76.8 Å². The Kier molecular flexibility index (Phi) is 5.16. The van der Waals surface area contributed by atoms with Gasteiger partial charge in [-0.25, -0.2) is 13.2 Å². The molecule has 0 N–H and O–H groups in total. The van der Waals surface area contributed by atoms with Crippen LogP contribution < -0.4 is 5.63 Å². The summed E-state index contributed by atoms with van der Waals surface area (Å²) in [5, 5.41) is 0. The molecule has 3 rings (SSSR count). The molecule has 0 fully saturated rings. The number of benzene rings is 2. The van der Waals surface area contributed by atoms with E-state index in [2.05, 4.69) is 0 Å². The van der Waals surface area contributed by atoms with Gasteiger partial charge in [0.1, 0.15) is 12.2 Å². The van der Waals surface area contributed by atoms with Gasteiger partial charge in [-0.2, -0.15) is 13.2 Å². The number of halogens is 3. The van der Waals surface area contributed by atoms with Crippen molar-refractivity contribution in [3.63, 3.8) is 0 Å². The molecule has 0 radical (unpaired) electrons. The zero-order valence-electron chi connectivity index (χ0n) is 14.7. The first-order valence-corrected chi connectivity index (χ1v) is 10.0. The lowest BCUT2D eigenvalue weighted by atomic mass is 9.96. The van der Waals surface area contributed by atoms with E-state index < -0.39 is 33.8 Å². The van der Waals surface area contributed by atoms with Gasteiger partial charge < -0.3 is 4.42 Å². The molecule has 28 heavy (non-hydrogen) atoms. The van der Waals surface area contributed by atoms with Crippen molar-refractivity contribution >= 4 is 9.84 Å². The summed E-state index contributed by atoms with van der Waals surface area (Å²) in [5.74, 6) is -0.514. The Balaban J connectivity index is 2.23. The molecule has 0 spiro atoms. The van der Waals surface area contributed by atoms with Crippen LogP contribution in [0.3, 0.4) is 0 Å². The molecule has 1 aromatic heterocycles. The Morgan fingerprint density at radius 1 is 0.929 bits per heavy atom. The minimum Gasteiger partial charge on any atom is -0.427 e. The van der Waals surface area contributed by atoms with Gasteiger partial charge in [0.25, 0.3) is 0 Å². The zero-order chi connectivity index (χ0) is 20.5. The third kappa shape index (κ3) is 4.51. The van der Waals surface area contributed by atoms with E-state index in [4.69, 9.17) is 4.42 Å². The molecule has 0 amide bonds. The van der Waals surface area contributed by atoms with Gasteiger partial charge in [-0.1, -0.05) is 42.5 Å². The maximum absolute atomic E-state index is 12.8. The third-order valence-corrected chi connectivity index (χ3v) is 5.16. The first-order valence-electron chi connectivity index (χ1n) is 8.14. The fraction of sp³-hybridized carbons (Fsp3) is 0.150. The maximum Gasteiger partial charge on any atom is 0.396 e. The van der Waals surface area contributed by atoms with E-state index in [1.807, 2.05) is 0 Å². The van der Waals surface area contributed by atoms with Crippen molar-refractivity contribution in [1.82, 2.24) is 0 Å². The van der Waals surface area contributed by atoms with Crippen LogP contribution in [0.5, 0.6) is 0 Å². The van der Waals surface area contributed by atoms with E-state index >= 15 is 0 Å². The highest BCUT2D eigenvalue weighted by molar-refractivity contribution is 7.90. The van der Waals surface area contributed by atoms with Gasteiger partial charge in [-0.15, -0.1) is 0 Å². The summed E-state index contributed by atoms with van der Waals surface area (Å²) in [5.41, 5.74) is 0.343. The van der Waals surface area contributed by atoms with Crippen LogP contribution >= 0.6 is 0 Å². The Bertz CT molecular complexity index is 1150. The summed E-state index contributed by atoms with van der Waals surface area (Å²) in [4.78, 5) is 12.6. The van der Waals surface area contributed by atoms with Crippen LogP contribution in [0.2, 0.25) is 0 Å². The molecule has 0 saturated heterocycles. The molecule has 0 bridgehead atoms. The van der Waals surface area contributed by atoms with Crippen molar-refractivity contribution < 1.29 is 26.0 Å². The fourth-order valence-corrected chi connectivity index (χ4v) is 3.45. The fourth-order valence-electron chi connectivity index (χ4n) is 2.81. The Hall–Kier alpha value is -2.87. The standard InChI is InChI=1S/C20H15F3O4S/c1-28(25,26)16-9-7-13(8-10-16)17-11-15(12-20(21,22)23)27-19(24)18(17)14-5-3-2-4-6-14/h2-11H,12H2,1H3. The second kappa shape index (κ2) is 7.27. The minimum atomic E-state index is -4.54. The van der Waals surface area contributed by atoms with Gasteiger partial charge in [0, 0.05) is 11.8 Å². The predicted octanol–water partition coefficient (Wildman–Crippen LogP) is 4.48. The normalized spacial score (nSPS) is 12.1. The van der Waals surface area contributed by atoms with E-state index in [1.165, 1.54) is 30.3 Å². The number of hydrogen-bond acceptors (Lipinski definition) is 4. The summed E-state index contributed by atoms with van der Waals surface area (Å²) in [6.45, 7) is 0. The van der Waals surface area contributed by atoms with Crippen LogP contribution in [0.4, 0.5) is 13.2 Å². The van der Waals surface area contributed by atoms with Crippen LogP contribution in [0.1, 0.15) is 5.76 Å². The smallest absolute Gasteiger partial charge is 0.396 e. The second-order valence-electron chi connectivity index (χ2n) is 6.24. The van der Waals surface area contributed by atoms with Crippen LogP contribution in [0.25, 0.3) is 22.3 Å². The average molecular weight is 408 g/mol. The lowest BCUT2D eigenvalue weighted by Gasteiger charge is -2.12. The summed E-state index contributed by atoms with van der Waals surface area (Å²) in [6, 6.07) is 15.2. The molecule has 0 unspecified atom stereocenters. The van der Waals surface area contributed by atoms with Crippen LogP contribution in [0.15, 0.2) is 74.8 Å². The SMILES string of the molecule is CS(=O)(=O)c1ccc(-c2cc(CC(F)(F)F)oc(=O)c2-c2ccccc2)cc1. The van der Waals surface area contributed by atoms with Crippen LogP contribution in [-0.4, -0.2) is 20.8 Å². The van der Waals surface area contributed by atoms with E-state index in [-0.39, 0.29) is 16.0 Å². The molecule has 0 saturated carbocycles. The molecule has 0 aliphatic carbocycles. The molecule has 1 heterocycles. The first kappa shape index (κ1) is 19.9. The summed E-state index contributed by atoms with van der Waals surface area (Å²) >= 11 is 0. The Labute approximate surface area is 159 Å². The van der Waals surface area contributed by atoms with Gasteiger partial charge >= 0.3 is 11.8 Å². The Morgan fingerprint density at radius 2 is 1.54 bits per heavy atom. The topological polar surface area (TPSA) is 64.3 Å². The largest absolute Gasteiger partial charge is 0.427 e. The zero-order valence-corrected chi connectivity index (χ0v) is 15.5. The molecular formula is C20H15F3O4S. The van der Waals surface area contributed by atoms with Crippen molar-refractivity contribution in [3.8, 4) is 22.3 Å². The quantitative estimate of drug-likeness (QED) is 0.639. The highest BCUT2D eigenvalue weighted by Gasteiger charge is 2.30. The lowest BCUT2D eigenvalue weighted by molar-refractivity contribution is -0.130. The van der Waals surface area contributed by atoms with Gasteiger partial charge in [-0.3, -0.25) is 0 Å². The van der Waals surface area contributed by atoms with Crippen molar-refractivity contribution in [1.29, 1.82) is 0 Å². The molecule has 8 heteroatoms. The molecule has 2 aromatic carbocycles. The maximum atomic E-state index is 12.8. The monoisotopic (exact) mass is 408 g/mol. The van der Waals surface area contributed by atoms with E-state index in [0.29, 0.717) is 11.1 Å². The second-order valence-corrected chi connectivity index (χ2v) is 8.26. The molecular weight excluding hydrogens is 393 g/mol. The van der Waals surface area contributed by atoms with Crippen molar-refractivity contribution in [2.24, 2.45) is 0 Å². The third-order valence-electron chi connectivity index (χ3n) is 4.03. The van der Waals surface area contributed by atoms with Gasteiger partial charge in [0.15, 0.2) is 9.84 Å². The van der Waals surface area contributed by atoms with Gasteiger partial charge in [-0.05, 0) is 29.3 Å². The summed E-state index contributed by atoms with van der Waals surface area (Å²) in [6.07, 6.45) is -4.87. The van der Waals surface area contributed by atoms with E-state index in [1.54, 1.807) is 30.3 Å². The first-order chi connectivity index (χ1) is 13.0. The highest BCUT2D eigenvalue weighted by Crippen LogP contribution is 2.32. The van der Waals surface area contributed by atoms with E-state index in [0.717, 1.165) is 6.26 Å². The molecule has 0 aliphatic heterocycles. The summed E-state index contributed by atoms with van der Waals surface area (Å²) in [7, 11) is -3.43. The minimum absolute atomic E-state index is 0.0657. The van der Waals surface area contributed by atoms with Gasteiger partial charge in [0.2, 0.25) is 0 Å². The predicted molar refractivity (Wildman–Crippen MR) is 98.7 cm³/mol. The lowest BCUT2D eigenvalue weighted by Crippen LogP contribution is -2.15. The highest BCUT2D eigenvalue weighted by atomic mass is 32.2. The van der Waals surface area contributed by atoms with Gasteiger partial charge in [0.05, 0.1) is 10.5 Å². The number of sulfone groups is 1. The van der Waals surface area contributed by atoms with Crippen LogP contribution in [-0.2, 0) is 16.3 Å². The van der Waals surface area contributed by atoms with Crippen LogP contribution in [0, 0.1) is 0 Å². The van der Waals surface area contributed by atoms with Crippen molar-refractivity contribution in [2.75, 3.05) is 6.26 Å². The Morgan fingerprint density at radius 3 is 2.07 bits per heavy atom. The molecule has 146 valence electrons. The number of rotatable bonds is 4. The number of hydrogen-bond donors (Lipinski definition) is 0. The molecule has 0 aliphatic rings. The van der Waals surface area contributed by atoms with E-state index in [9.17, 15) is 26.4 Å². The molecule has 4 nitrogen and oxygen atoms in total. The summed E-state index contributed by atoms with van der Waals surface area (Å²) < 4.78 is 66.6. The average Bonchev–Trinajstić information content (AvgIpc) is 2.60. The number of alkyl halides is 3. The van der Waals surface area contributed by atoms with Crippen molar-refractivity contribution in [2.45, 2.75) is 17.5 Å². The molecule has 0 atom stereocenters. The molecule has 3 aromatic rings.